The third-order valence-corrected chi connectivity index (χ3v) is 8.70. The summed E-state index contributed by atoms with van der Waals surface area (Å²) < 4.78 is 113. The van der Waals surface area contributed by atoms with E-state index in [0.29, 0.717) is 22.4 Å². The van der Waals surface area contributed by atoms with Gasteiger partial charge in [0, 0.05) is 24.4 Å². The van der Waals surface area contributed by atoms with Gasteiger partial charge in [-0.3, -0.25) is 4.68 Å². The minimum absolute atomic E-state index is 0.0618. The van der Waals surface area contributed by atoms with Crippen LogP contribution in [-0.4, -0.2) is 53.9 Å². The topological polar surface area (TPSA) is 120 Å². The smallest absolute Gasteiger partial charge is 0.406 e. The Morgan fingerprint density at radius 2 is 1.78 bits per heavy atom. The number of halogens is 6. The highest BCUT2D eigenvalue weighted by atomic mass is 32.2. The Morgan fingerprint density at radius 3 is 2.39 bits per heavy atom. The molecule has 3 aromatic rings. The molecule has 2 aromatic carbocycles. The van der Waals surface area contributed by atoms with Crippen molar-refractivity contribution in [3.63, 3.8) is 0 Å². The molecule has 0 spiro atoms. The third-order valence-electron chi connectivity index (χ3n) is 7.54. The fourth-order valence-electron chi connectivity index (χ4n) is 5.53. The maximum absolute atomic E-state index is 15.1. The van der Waals surface area contributed by atoms with Gasteiger partial charge in [-0.05, 0) is 59.5 Å². The Labute approximate surface area is 257 Å². The summed E-state index contributed by atoms with van der Waals surface area (Å²) in [4.78, 5) is -0.419. The molecule has 0 saturated carbocycles. The lowest BCUT2D eigenvalue weighted by Gasteiger charge is -2.37. The van der Waals surface area contributed by atoms with Crippen LogP contribution < -0.4 is 10.1 Å². The Balaban J connectivity index is 1.56. The highest BCUT2D eigenvalue weighted by Crippen LogP contribution is 2.52. The fourth-order valence-corrected chi connectivity index (χ4v) is 6.48. The first-order valence-electron chi connectivity index (χ1n) is 13.4. The summed E-state index contributed by atoms with van der Waals surface area (Å²) in [6, 6.07) is 6.85. The van der Waals surface area contributed by atoms with Crippen molar-refractivity contribution in [1.82, 2.24) is 9.78 Å². The fraction of sp³-hybridized carbons (Fsp3) is 0.241. The first kappa shape index (κ1) is 31.4. The Hall–Kier alpha value is -4.61. The molecule has 3 aliphatic rings. The monoisotopic (exact) mass is 667 g/mol. The number of allylic oxidation sites excluding steroid dienone is 5. The number of ether oxygens (including phenoxy) is 1. The SMILES string of the molecule is Cn1nc(C(F)(F)CO)c2c1-c1ccc(-c3cc(F)c(CO)c(S(C)(=O)=O)c3)cc1N1C(=C3C=CC(OC(F)(F)F)=CC3)C=NN21. The molecule has 1 aromatic heterocycles. The second-order valence-corrected chi connectivity index (χ2v) is 12.6. The number of anilines is 2. The van der Waals surface area contributed by atoms with Gasteiger partial charge in [0.2, 0.25) is 0 Å². The molecule has 0 atom stereocenters. The molecule has 0 unspecified atom stereocenters. The number of fused-ring (bicyclic) bond motifs is 6. The number of aliphatic hydroxyl groups is 2. The van der Waals surface area contributed by atoms with Crippen LogP contribution in [0.3, 0.4) is 0 Å². The quantitative estimate of drug-likeness (QED) is 0.351. The summed E-state index contributed by atoms with van der Waals surface area (Å²) in [7, 11) is -2.55. The van der Waals surface area contributed by atoms with Gasteiger partial charge in [-0.15, -0.1) is 13.2 Å². The van der Waals surface area contributed by atoms with E-state index in [-0.39, 0.29) is 29.1 Å². The van der Waals surface area contributed by atoms with E-state index in [1.165, 1.54) is 59.4 Å². The van der Waals surface area contributed by atoms with Crippen molar-refractivity contribution >= 4 is 27.4 Å². The first-order chi connectivity index (χ1) is 21.5. The van der Waals surface area contributed by atoms with Gasteiger partial charge < -0.3 is 14.9 Å². The second-order valence-electron chi connectivity index (χ2n) is 10.6. The molecule has 10 nitrogen and oxygen atoms in total. The van der Waals surface area contributed by atoms with Crippen molar-refractivity contribution in [3.8, 4) is 22.4 Å². The second kappa shape index (κ2) is 10.7. The lowest BCUT2D eigenvalue weighted by molar-refractivity contribution is -0.303. The van der Waals surface area contributed by atoms with Gasteiger partial charge in [0.25, 0.3) is 0 Å². The van der Waals surface area contributed by atoms with Crippen LogP contribution in [0.2, 0.25) is 0 Å². The number of sulfone groups is 1. The predicted molar refractivity (Wildman–Crippen MR) is 154 cm³/mol. The Bertz CT molecular complexity index is 2020. The third kappa shape index (κ3) is 5.23. The van der Waals surface area contributed by atoms with Crippen molar-refractivity contribution in [1.29, 1.82) is 0 Å². The maximum Gasteiger partial charge on any atom is 0.573 e. The number of nitrogens with zero attached hydrogens (tertiary/aromatic N) is 5. The molecule has 0 amide bonds. The van der Waals surface area contributed by atoms with Crippen LogP contribution in [0.5, 0.6) is 0 Å². The van der Waals surface area contributed by atoms with Crippen LogP contribution in [0.1, 0.15) is 17.7 Å². The Morgan fingerprint density at radius 1 is 1.04 bits per heavy atom. The molecule has 17 heteroatoms. The summed E-state index contributed by atoms with van der Waals surface area (Å²) in [5.74, 6) is -5.20. The highest BCUT2D eigenvalue weighted by Gasteiger charge is 2.46. The highest BCUT2D eigenvalue weighted by molar-refractivity contribution is 7.90. The summed E-state index contributed by atoms with van der Waals surface area (Å²) in [6.45, 7) is -2.42. The normalized spacial score (nSPS) is 17.7. The standard InChI is InChI=1S/C29H23F6N5O5S/c1-38-25-19-8-5-16(17-9-21(30)20(13-41)24(11-17)46(2,43)44)10-22(19)39-23(15-3-6-18(7-4-15)45-29(33,34)35)12-36-40(39)26(25)27(37-38)28(31,32)14-42/h3,5-12,41-42H,4,13-14H2,1-2H3. The zero-order valence-corrected chi connectivity index (χ0v) is 24.7. The van der Waals surface area contributed by atoms with Crippen molar-refractivity contribution in [3.05, 3.63) is 82.7 Å². The number of hydrazine groups is 1. The molecule has 242 valence electrons. The predicted octanol–water partition coefficient (Wildman–Crippen LogP) is 5.05. The number of rotatable bonds is 6. The molecular formula is C29H23F6N5O5S. The Kier molecular flexibility index (Phi) is 7.33. The molecule has 0 bridgehead atoms. The lowest BCUT2D eigenvalue weighted by Crippen LogP contribution is -2.39. The number of aliphatic hydroxyl groups excluding tert-OH is 2. The van der Waals surface area contributed by atoms with Gasteiger partial charge in [0.1, 0.15) is 23.9 Å². The van der Waals surface area contributed by atoms with E-state index < -0.39 is 63.1 Å². The van der Waals surface area contributed by atoms with Crippen molar-refractivity contribution < 1.29 is 49.7 Å². The van der Waals surface area contributed by atoms with Crippen LogP contribution in [0.25, 0.3) is 22.4 Å². The molecule has 46 heavy (non-hydrogen) atoms. The largest absolute Gasteiger partial charge is 0.573 e. The molecule has 0 fully saturated rings. The van der Waals surface area contributed by atoms with E-state index in [9.17, 15) is 31.8 Å². The van der Waals surface area contributed by atoms with Crippen molar-refractivity contribution in [2.75, 3.05) is 23.0 Å². The molecule has 0 radical (unpaired) electrons. The molecule has 2 aliphatic heterocycles. The number of hydrogen-bond acceptors (Lipinski definition) is 9. The van der Waals surface area contributed by atoms with Crippen LogP contribution in [0.4, 0.5) is 37.7 Å². The number of alkyl halides is 5. The van der Waals surface area contributed by atoms with Gasteiger partial charge in [-0.1, -0.05) is 12.1 Å². The minimum Gasteiger partial charge on any atom is -0.406 e. The van der Waals surface area contributed by atoms with E-state index in [4.69, 9.17) is 0 Å². The van der Waals surface area contributed by atoms with E-state index in [1.54, 1.807) is 0 Å². The van der Waals surface area contributed by atoms with Crippen LogP contribution in [0, 0.1) is 5.82 Å². The maximum atomic E-state index is 15.1. The van der Waals surface area contributed by atoms with E-state index in [0.717, 1.165) is 23.5 Å². The summed E-state index contributed by atoms with van der Waals surface area (Å²) in [5.41, 5.74) is 0.612. The van der Waals surface area contributed by atoms with Gasteiger partial charge in [0.05, 0.1) is 34.8 Å². The number of hydrazone groups is 1. The zero-order chi connectivity index (χ0) is 33.3. The van der Waals surface area contributed by atoms with Gasteiger partial charge in [0.15, 0.2) is 15.5 Å². The van der Waals surface area contributed by atoms with Gasteiger partial charge in [-0.2, -0.15) is 24.1 Å². The zero-order valence-electron chi connectivity index (χ0n) is 23.8. The number of aromatic nitrogens is 2. The molecule has 3 heterocycles. The summed E-state index contributed by atoms with van der Waals surface area (Å²) in [6.07, 6.45) is 0.858. The average Bonchev–Trinajstić information content (AvgIpc) is 3.58. The van der Waals surface area contributed by atoms with Crippen molar-refractivity contribution in [2.24, 2.45) is 12.1 Å². The number of hydrogen-bond donors (Lipinski definition) is 2. The minimum atomic E-state index is -4.91. The molecule has 0 saturated heterocycles. The number of aryl methyl sites for hydroxylation is 1. The van der Waals surface area contributed by atoms with Crippen LogP contribution in [0.15, 0.2) is 75.6 Å². The summed E-state index contributed by atoms with van der Waals surface area (Å²) in [5, 5.41) is 29.9. The molecule has 1 aliphatic carbocycles. The van der Waals surface area contributed by atoms with Gasteiger partial charge >= 0.3 is 12.3 Å². The summed E-state index contributed by atoms with van der Waals surface area (Å²) >= 11 is 0. The average molecular weight is 668 g/mol. The first-order valence-corrected chi connectivity index (χ1v) is 15.3. The van der Waals surface area contributed by atoms with Crippen molar-refractivity contribution in [2.45, 2.75) is 30.2 Å². The number of benzene rings is 2. The van der Waals surface area contributed by atoms with E-state index in [1.807, 2.05) is 0 Å². The van der Waals surface area contributed by atoms with Gasteiger partial charge in [-0.25, -0.2) is 17.8 Å². The van der Waals surface area contributed by atoms with E-state index >= 15 is 13.2 Å². The molecule has 6 rings (SSSR count). The van der Waals surface area contributed by atoms with E-state index in [2.05, 4.69) is 14.9 Å². The molecular weight excluding hydrogens is 644 g/mol. The van der Waals surface area contributed by atoms with Crippen LogP contribution >= 0.6 is 0 Å². The lowest BCUT2D eigenvalue weighted by atomic mass is 9.96. The molecule has 2 N–H and O–H groups in total. The van der Waals surface area contributed by atoms with Crippen LogP contribution in [-0.2, 0) is 34.2 Å².